The lowest BCUT2D eigenvalue weighted by molar-refractivity contribution is -0.149. The van der Waals surface area contributed by atoms with Crippen molar-refractivity contribution < 1.29 is 29.4 Å². The van der Waals surface area contributed by atoms with Gasteiger partial charge in [-0.2, -0.15) is 0 Å². The molecule has 0 aliphatic heterocycles. The molecule has 16 heavy (non-hydrogen) atoms. The van der Waals surface area contributed by atoms with Crippen molar-refractivity contribution in [1.82, 2.24) is 0 Å². The van der Waals surface area contributed by atoms with E-state index in [1.807, 2.05) is 0 Å². The van der Waals surface area contributed by atoms with Crippen molar-refractivity contribution in [2.45, 2.75) is 12.8 Å². The van der Waals surface area contributed by atoms with E-state index in [0.717, 1.165) is 0 Å². The van der Waals surface area contributed by atoms with Crippen molar-refractivity contribution in [2.75, 3.05) is 0 Å². The van der Waals surface area contributed by atoms with E-state index in [-0.39, 0.29) is 18.6 Å². The number of carbonyl (C=O) groups is 4. The molecule has 2 N–H and O–H groups in total. The van der Waals surface area contributed by atoms with Crippen LogP contribution in [0.4, 0.5) is 0 Å². The molecule has 2 aliphatic rings. The zero-order valence-corrected chi connectivity index (χ0v) is 8.25. The molecule has 6 heteroatoms. The molecule has 4 atom stereocenters. The maximum absolute atomic E-state index is 11.6. The van der Waals surface area contributed by atoms with Gasteiger partial charge in [0.1, 0.15) is 17.6 Å². The number of aliphatic carboxylic acids is 2. The Hall–Kier alpha value is -1.72. The van der Waals surface area contributed by atoms with E-state index in [2.05, 4.69) is 0 Å². The molecule has 2 rings (SSSR count). The second-order valence-corrected chi connectivity index (χ2v) is 4.31. The van der Waals surface area contributed by atoms with Crippen molar-refractivity contribution >= 4 is 23.5 Å². The van der Waals surface area contributed by atoms with Crippen LogP contribution in [0.25, 0.3) is 0 Å². The van der Waals surface area contributed by atoms with Crippen LogP contribution in [0, 0.1) is 23.7 Å². The fraction of sp³-hybridized carbons (Fsp3) is 0.600. The minimum absolute atomic E-state index is 0.0111. The lowest BCUT2D eigenvalue weighted by Gasteiger charge is -2.11. The van der Waals surface area contributed by atoms with Crippen molar-refractivity contribution in [3.63, 3.8) is 0 Å². The van der Waals surface area contributed by atoms with Gasteiger partial charge in [0.2, 0.25) is 0 Å². The van der Waals surface area contributed by atoms with Crippen LogP contribution in [0.5, 0.6) is 0 Å². The Morgan fingerprint density at radius 2 is 1.31 bits per heavy atom. The van der Waals surface area contributed by atoms with Gasteiger partial charge in [-0.05, 0) is 11.8 Å². The van der Waals surface area contributed by atoms with Crippen LogP contribution in [-0.4, -0.2) is 33.7 Å². The van der Waals surface area contributed by atoms with Crippen LogP contribution < -0.4 is 0 Å². The second-order valence-electron chi connectivity index (χ2n) is 4.31. The summed E-state index contributed by atoms with van der Waals surface area (Å²) in [7, 11) is 0. The molecule has 4 unspecified atom stereocenters. The summed E-state index contributed by atoms with van der Waals surface area (Å²) in [5.41, 5.74) is 0. The first kappa shape index (κ1) is 10.8. The summed E-state index contributed by atoms with van der Waals surface area (Å²) in [5.74, 6) is -7.45. The predicted molar refractivity (Wildman–Crippen MR) is 48.5 cm³/mol. The molecule has 2 aliphatic carbocycles. The first-order valence-corrected chi connectivity index (χ1v) is 4.94. The molecule has 0 radical (unpaired) electrons. The van der Waals surface area contributed by atoms with Gasteiger partial charge in [-0.25, -0.2) is 0 Å². The summed E-state index contributed by atoms with van der Waals surface area (Å²) in [6.45, 7) is 0. The average Bonchev–Trinajstić information content (AvgIpc) is 2.56. The summed E-state index contributed by atoms with van der Waals surface area (Å²) in [4.78, 5) is 44.6. The van der Waals surface area contributed by atoms with Crippen LogP contribution in [0.2, 0.25) is 0 Å². The molecule has 86 valence electrons. The van der Waals surface area contributed by atoms with Crippen molar-refractivity contribution in [2.24, 2.45) is 23.7 Å². The maximum Gasteiger partial charge on any atom is 0.314 e. The van der Waals surface area contributed by atoms with E-state index in [0.29, 0.717) is 0 Å². The molecule has 0 aromatic carbocycles. The minimum Gasteiger partial charge on any atom is -0.481 e. The average molecular weight is 226 g/mol. The SMILES string of the molecule is O=C1CC2C(C(=O)O)C(=O)C(C(=O)O)C2C1. The number of hydrogen-bond donors (Lipinski definition) is 2. The normalized spacial score (nSPS) is 37.5. The van der Waals surface area contributed by atoms with E-state index in [1.165, 1.54) is 0 Å². The van der Waals surface area contributed by atoms with E-state index in [1.54, 1.807) is 0 Å². The van der Waals surface area contributed by atoms with Gasteiger partial charge in [0, 0.05) is 12.8 Å². The Morgan fingerprint density at radius 1 is 0.938 bits per heavy atom. The van der Waals surface area contributed by atoms with Gasteiger partial charge in [0.05, 0.1) is 0 Å². The molecule has 0 saturated heterocycles. The Bertz CT molecular complexity index is 364. The van der Waals surface area contributed by atoms with Gasteiger partial charge >= 0.3 is 11.9 Å². The third kappa shape index (κ3) is 1.33. The van der Waals surface area contributed by atoms with Crippen LogP contribution in [0.1, 0.15) is 12.8 Å². The zero-order valence-electron chi connectivity index (χ0n) is 8.25. The second kappa shape index (κ2) is 3.40. The molecule has 2 saturated carbocycles. The summed E-state index contributed by atoms with van der Waals surface area (Å²) in [6, 6.07) is 0. The van der Waals surface area contributed by atoms with Gasteiger partial charge in [-0.15, -0.1) is 0 Å². The van der Waals surface area contributed by atoms with E-state index < -0.39 is 41.4 Å². The number of ketones is 2. The summed E-state index contributed by atoms with van der Waals surface area (Å²) < 4.78 is 0. The highest BCUT2D eigenvalue weighted by Crippen LogP contribution is 2.47. The van der Waals surface area contributed by atoms with Crippen LogP contribution in [-0.2, 0) is 19.2 Å². The smallest absolute Gasteiger partial charge is 0.314 e. The van der Waals surface area contributed by atoms with Gasteiger partial charge in [-0.3, -0.25) is 19.2 Å². The standard InChI is InChI=1S/C10H10O6/c11-3-1-4-5(2-3)7(10(15)16)8(12)6(4)9(13)14/h4-7H,1-2H2,(H,13,14)(H,15,16). The van der Waals surface area contributed by atoms with E-state index >= 15 is 0 Å². The topological polar surface area (TPSA) is 109 Å². The lowest BCUT2D eigenvalue weighted by atomic mass is 9.90. The lowest BCUT2D eigenvalue weighted by Crippen LogP contribution is -2.29. The highest BCUT2D eigenvalue weighted by atomic mass is 16.4. The number of carboxylic acids is 2. The molecule has 0 heterocycles. The highest BCUT2D eigenvalue weighted by Gasteiger charge is 2.59. The van der Waals surface area contributed by atoms with Gasteiger partial charge < -0.3 is 10.2 Å². The van der Waals surface area contributed by atoms with Crippen LogP contribution >= 0.6 is 0 Å². The van der Waals surface area contributed by atoms with Crippen molar-refractivity contribution in [3.8, 4) is 0 Å². The number of hydrogen-bond acceptors (Lipinski definition) is 4. The molecule has 0 aromatic rings. The molecular formula is C10H10O6. The van der Waals surface area contributed by atoms with Gasteiger partial charge in [-0.1, -0.05) is 0 Å². The predicted octanol–water partition coefficient (Wildman–Crippen LogP) is -0.434. The van der Waals surface area contributed by atoms with E-state index in [4.69, 9.17) is 10.2 Å². The van der Waals surface area contributed by atoms with Gasteiger partial charge in [0.25, 0.3) is 0 Å². The zero-order chi connectivity index (χ0) is 12.0. The molecule has 6 nitrogen and oxygen atoms in total. The van der Waals surface area contributed by atoms with Crippen LogP contribution in [0.3, 0.4) is 0 Å². The number of rotatable bonds is 2. The highest BCUT2D eigenvalue weighted by molar-refractivity contribution is 6.11. The first-order valence-electron chi connectivity index (χ1n) is 4.94. The monoisotopic (exact) mass is 226 g/mol. The minimum atomic E-state index is -1.32. The molecule has 0 spiro atoms. The molecule has 0 bridgehead atoms. The Kier molecular flexibility index (Phi) is 2.29. The summed E-state index contributed by atoms with van der Waals surface area (Å²) >= 11 is 0. The quantitative estimate of drug-likeness (QED) is 0.618. The Labute approximate surface area is 90.2 Å². The first-order chi connectivity index (χ1) is 7.43. The fourth-order valence-corrected chi connectivity index (χ4v) is 2.87. The maximum atomic E-state index is 11.6. The van der Waals surface area contributed by atoms with Crippen molar-refractivity contribution in [3.05, 3.63) is 0 Å². The fourth-order valence-electron chi connectivity index (χ4n) is 2.87. The molecular weight excluding hydrogens is 216 g/mol. The van der Waals surface area contributed by atoms with Gasteiger partial charge in [0.15, 0.2) is 5.78 Å². The number of fused-ring (bicyclic) bond motifs is 1. The van der Waals surface area contributed by atoms with Crippen LogP contribution in [0.15, 0.2) is 0 Å². The number of carboxylic acid groups (broad SMARTS) is 2. The largest absolute Gasteiger partial charge is 0.481 e. The van der Waals surface area contributed by atoms with E-state index in [9.17, 15) is 19.2 Å². The Morgan fingerprint density at radius 3 is 1.62 bits per heavy atom. The third-order valence-electron chi connectivity index (χ3n) is 3.48. The molecule has 0 aromatic heterocycles. The molecule has 2 fully saturated rings. The third-order valence-corrected chi connectivity index (χ3v) is 3.48. The molecule has 0 amide bonds. The van der Waals surface area contributed by atoms with Crippen molar-refractivity contribution in [1.29, 1.82) is 0 Å². The summed E-state index contributed by atoms with van der Waals surface area (Å²) in [6.07, 6.45) is 0.0221. The summed E-state index contributed by atoms with van der Waals surface area (Å²) in [5, 5.41) is 17.8. The number of carbonyl (C=O) groups excluding carboxylic acids is 2. The Balaban J connectivity index is 2.38. The number of Topliss-reactive ketones (excluding diaryl/α,β-unsaturated/α-hetero) is 2.